The number of carboxylic acids is 1. The summed E-state index contributed by atoms with van der Waals surface area (Å²) in [6, 6.07) is -1.14. The first kappa shape index (κ1) is 15.7. The third kappa shape index (κ3) is 7.56. The molecule has 0 aromatic heterocycles. The number of hydrogen-bond donors (Lipinski definition) is 2. The molecule has 1 unspecified atom stereocenters. The zero-order chi connectivity index (χ0) is 13.6. The maximum absolute atomic E-state index is 11.7. The predicted octanol–water partition coefficient (Wildman–Crippen LogP) is 0.791. The Balaban J connectivity index is 4.04. The van der Waals surface area contributed by atoms with Crippen molar-refractivity contribution < 1.29 is 32.6 Å². The Kier molecular flexibility index (Phi) is 5.94. The Labute approximate surface area is 95.9 Å². The molecule has 0 aliphatic rings. The normalized spacial score (nSPS) is 13.5. The summed E-state index contributed by atoms with van der Waals surface area (Å²) in [4.78, 5) is 21.8. The molecule has 0 heterocycles. The van der Waals surface area contributed by atoms with E-state index in [0.717, 1.165) is 0 Å². The van der Waals surface area contributed by atoms with Crippen molar-refractivity contribution in [2.45, 2.75) is 26.1 Å². The zero-order valence-corrected chi connectivity index (χ0v) is 9.37. The summed E-state index contributed by atoms with van der Waals surface area (Å²) < 4.78 is 39.1. The molecule has 1 amide bonds. The standard InChI is InChI=1S/C9H14F3NO4/c1-5(2)7(8(15)16)13-6(14)3-17-4-9(10,11)12/h5,7H,3-4H2,1-2H3,(H,13,14)(H,15,16). The first-order valence-electron chi connectivity index (χ1n) is 4.80. The van der Waals surface area contributed by atoms with Crippen molar-refractivity contribution in [1.29, 1.82) is 0 Å². The van der Waals surface area contributed by atoms with Crippen LogP contribution < -0.4 is 5.32 Å². The lowest BCUT2D eigenvalue weighted by Gasteiger charge is -2.17. The van der Waals surface area contributed by atoms with Gasteiger partial charge in [-0.3, -0.25) is 4.79 Å². The van der Waals surface area contributed by atoms with Gasteiger partial charge >= 0.3 is 12.1 Å². The molecule has 0 spiro atoms. The van der Waals surface area contributed by atoms with Crippen LogP contribution in [0.15, 0.2) is 0 Å². The molecular weight excluding hydrogens is 243 g/mol. The van der Waals surface area contributed by atoms with Crippen molar-refractivity contribution in [2.24, 2.45) is 5.92 Å². The molecule has 8 heteroatoms. The van der Waals surface area contributed by atoms with Crippen LogP contribution in [0.5, 0.6) is 0 Å². The van der Waals surface area contributed by atoms with Crippen molar-refractivity contribution in [1.82, 2.24) is 5.32 Å². The van der Waals surface area contributed by atoms with E-state index in [-0.39, 0.29) is 5.92 Å². The number of nitrogens with one attached hydrogen (secondary N) is 1. The monoisotopic (exact) mass is 257 g/mol. The molecule has 0 saturated heterocycles. The molecule has 0 aliphatic heterocycles. The van der Waals surface area contributed by atoms with Crippen molar-refractivity contribution >= 4 is 11.9 Å². The third-order valence-corrected chi connectivity index (χ3v) is 1.75. The van der Waals surface area contributed by atoms with E-state index in [1.54, 1.807) is 13.8 Å². The van der Waals surface area contributed by atoms with E-state index in [0.29, 0.717) is 0 Å². The predicted molar refractivity (Wildman–Crippen MR) is 51.3 cm³/mol. The van der Waals surface area contributed by atoms with Gasteiger partial charge in [-0.25, -0.2) is 4.79 Å². The number of alkyl halides is 3. The molecule has 5 nitrogen and oxygen atoms in total. The number of carboxylic acid groups (broad SMARTS) is 1. The second-order valence-corrected chi connectivity index (χ2v) is 3.74. The van der Waals surface area contributed by atoms with Gasteiger partial charge in [0.1, 0.15) is 19.3 Å². The van der Waals surface area contributed by atoms with Crippen LogP contribution in [-0.2, 0) is 14.3 Å². The molecule has 0 saturated carbocycles. The Morgan fingerprint density at radius 1 is 1.35 bits per heavy atom. The van der Waals surface area contributed by atoms with Gasteiger partial charge < -0.3 is 15.2 Å². The van der Waals surface area contributed by atoms with Crippen LogP contribution in [0.2, 0.25) is 0 Å². The van der Waals surface area contributed by atoms with Gasteiger partial charge in [-0.05, 0) is 5.92 Å². The van der Waals surface area contributed by atoms with Gasteiger partial charge in [0.05, 0.1) is 0 Å². The molecule has 0 aliphatic carbocycles. The number of amides is 1. The summed E-state index contributed by atoms with van der Waals surface area (Å²) in [6.45, 7) is 0.765. The third-order valence-electron chi connectivity index (χ3n) is 1.75. The minimum Gasteiger partial charge on any atom is -0.480 e. The molecular formula is C9H14F3NO4. The first-order chi connectivity index (χ1) is 7.63. The van der Waals surface area contributed by atoms with E-state index >= 15 is 0 Å². The lowest BCUT2D eigenvalue weighted by Crippen LogP contribution is -2.45. The summed E-state index contributed by atoms with van der Waals surface area (Å²) in [5.41, 5.74) is 0. The molecule has 0 aromatic rings. The van der Waals surface area contributed by atoms with Gasteiger partial charge in [-0.15, -0.1) is 0 Å². The number of carbonyl (C=O) groups excluding carboxylic acids is 1. The van der Waals surface area contributed by atoms with Gasteiger partial charge in [-0.2, -0.15) is 13.2 Å². The van der Waals surface area contributed by atoms with Gasteiger partial charge in [-0.1, -0.05) is 13.8 Å². The van der Waals surface area contributed by atoms with Crippen LogP contribution in [0.1, 0.15) is 13.8 Å². The summed E-state index contributed by atoms with van der Waals surface area (Å²) >= 11 is 0. The molecule has 0 aromatic carbocycles. The van der Waals surface area contributed by atoms with E-state index in [4.69, 9.17) is 5.11 Å². The summed E-state index contributed by atoms with van der Waals surface area (Å²) in [6.07, 6.45) is -4.51. The minimum atomic E-state index is -4.51. The van der Waals surface area contributed by atoms with Crippen molar-refractivity contribution in [3.05, 3.63) is 0 Å². The highest BCUT2D eigenvalue weighted by Gasteiger charge is 2.28. The van der Waals surface area contributed by atoms with Crippen LogP contribution in [-0.4, -0.2) is 42.4 Å². The van der Waals surface area contributed by atoms with Crippen molar-refractivity contribution in [3.63, 3.8) is 0 Å². The number of aliphatic carboxylic acids is 1. The lowest BCUT2D eigenvalue weighted by atomic mass is 10.1. The second kappa shape index (κ2) is 6.43. The molecule has 1 atom stereocenters. The SMILES string of the molecule is CC(C)C(NC(=O)COCC(F)(F)F)C(=O)O. The van der Waals surface area contributed by atoms with Gasteiger partial charge in [0.25, 0.3) is 0 Å². The fourth-order valence-electron chi connectivity index (χ4n) is 0.988. The van der Waals surface area contributed by atoms with E-state index < -0.39 is 37.3 Å². The Morgan fingerprint density at radius 3 is 2.24 bits per heavy atom. The maximum Gasteiger partial charge on any atom is 0.411 e. The lowest BCUT2D eigenvalue weighted by molar-refractivity contribution is -0.176. The number of ether oxygens (including phenoxy) is 1. The highest BCUT2D eigenvalue weighted by atomic mass is 19.4. The molecule has 100 valence electrons. The molecule has 0 fully saturated rings. The molecule has 0 bridgehead atoms. The summed E-state index contributed by atoms with van der Waals surface area (Å²) in [5, 5.41) is 10.8. The van der Waals surface area contributed by atoms with Crippen LogP contribution in [0, 0.1) is 5.92 Å². The zero-order valence-electron chi connectivity index (χ0n) is 9.37. The van der Waals surface area contributed by atoms with Crippen molar-refractivity contribution in [2.75, 3.05) is 13.2 Å². The number of hydrogen-bond acceptors (Lipinski definition) is 3. The second-order valence-electron chi connectivity index (χ2n) is 3.74. The van der Waals surface area contributed by atoms with Gasteiger partial charge in [0, 0.05) is 0 Å². The maximum atomic E-state index is 11.7. The largest absolute Gasteiger partial charge is 0.480 e. The molecule has 0 radical (unpaired) electrons. The molecule has 2 N–H and O–H groups in total. The number of carbonyl (C=O) groups is 2. The highest BCUT2D eigenvalue weighted by molar-refractivity contribution is 5.84. The van der Waals surface area contributed by atoms with E-state index in [9.17, 15) is 22.8 Å². The average Bonchev–Trinajstić information content (AvgIpc) is 2.10. The van der Waals surface area contributed by atoms with E-state index in [1.165, 1.54) is 0 Å². The van der Waals surface area contributed by atoms with E-state index in [1.807, 2.05) is 0 Å². The summed E-state index contributed by atoms with van der Waals surface area (Å²) in [7, 11) is 0. The quantitative estimate of drug-likeness (QED) is 0.737. The van der Waals surface area contributed by atoms with E-state index in [2.05, 4.69) is 10.1 Å². The van der Waals surface area contributed by atoms with Gasteiger partial charge in [0.15, 0.2) is 0 Å². The molecule has 17 heavy (non-hydrogen) atoms. The highest BCUT2D eigenvalue weighted by Crippen LogP contribution is 2.14. The fraction of sp³-hybridized carbons (Fsp3) is 0.778. The molecule has 0 rings (SSSR count). The van der Waals surface area contributed by atoms with Crippen molar-refractivity contribution in [3.8, 4) is 0 Å². The number of halogens is 3. The summed E-state index contributed by atoms with van der Waals surface area (Å²) in [5.74, 6) is -2.52. The van der Waals surface area contributed by atoms with Gasteiger partial charge in [0.2, 0.25) is 5.91 Å². The average molecular weight is 257 g/mol. The Hall–Kier alpha value is -1.31. The fourth-order valence-corrected chi connectivity index (χ4v) is 0.988. The number of rotatable bonds is 6. The van der Waals surface area contributed by atoms with Crippen LogP contribution in [0.3, 0.4) is 0 Å². The smallest absolute Gasteiger partial charge is 0.411 e. The Bertz CT molecular complexity index is 278. The minimum absolute atomic E-state index is 0.376. The van der Waals surface area contributed by atoms with Crippen LogP contribution in [0.25, 0.3) is 0 Å². The van der Waals surface area contributed by atoms with Crippen LogP contribution in [0.4, 0.5) is 13.2 Å². The Morgan fingerprint density at radius 2 is 1.88 bits per heavy atom. The first-order valence-corrected chi connectivity index (χ1v) is 4.80. The van der Waals surface area contributed by atoms with Crippen LogP contribution >= 0.6 is 0 Å². The topological polar surface area (TPSA) is 75.6 Å².